The fourth-order valence-corrected chi connectivity index (χ4v) is 3.76. The molecule has 0 radical (unpaired) electrons. The Bertz CT molecular complexity index is 943. The molecule has 0 atom stereocenters. The third kappa shape index (κ3) is 4.56. The van der Waals surface area contributed by atoms with E-state index in [1.54, 1.807) is 30.3 Å². The molecule has 0 saturated carbocycles. The molecule has 2 amide bonds. The van der Waals surface area contributed by atoms with Gasteiger partial charge >= 0.3 is 0 Å². The first kappa shape index (κ1) is 19.5. The van der Waals surface area contributed by atoms with E-state index in [1.807, 2.05) is 18.2 Å². The lowest BCUT2D eigenvalue weighted by atomic mass is 10.1. The summed E-state index contributed by atoms with van der Waals surface area (Å²) in [5, 5.41) is 0.766. The maximum absolute atomic E-state index is 12.4. The molecule has 0 aromatic heterocycles. The molecule has 2 aromatic rings. The summed E-state index contributed by atoms with van der Waals surface area (Å²) in [6.07, 6.45) is 3.18. The lowest BCUT2D eigenvalue weighted by molar-refractivity contribution is -0.122. The summed E-state index contributed by atoms with van der Waals surface area (Å²) in [5.74, 6) is 0.250. The van der Waals surface area contributed by atoms with Crippen LogP contribution in [0.15, 0.2) is 60.0 Å². The fourth-order valence-electron chi connectivity index (χ4n) is 2.45. The smallest absolute Gasteiger partial charge is 0.293 e. The summed E-state index contributed by atoms with van der Waals surface area (Å²) < 4.78 is 5.88. The van der Waals surface area contributed by atoms with Gasteiger partial charge in [-0.1, -0.05) is 53.5 Å². The van der Waals surface area contributed by atoms with Gasteiger partial charge in [0.15, 0.2) is 0 Å². The predicted octanol–water partition coefficient (Wildman–Crippen LogP) is 5.79. The second-order valence-corrected chi connectivity index (χ2v) is 7.48. The number of carbonyl (C=O) groups excluding carboxylic acids is 2. The molecule has 0 spiro atoms. The Labute approximate surface area is 171 Å². The van der Waals surface area contributed by atoms with E-state index in [0.29, 0.717) is 26.3 Å². The maximum atomic E-state index is 12.4. The second kappa shape index (κ2) is 8.65. The van der Waals surface area contributed by atoms with Crippen molar-refractivity contribution in [1.29, 1.82) is 0 Å². The van der Waals surface area contributed by atoms with E-state index in [4.69, 9.17) is 27.9 Å². The minimum absolute atomic E-state index is 0.190. The number of nitrogens with zero attached hydrogens (tertiary/aromatic N) is 1. The highest BCUT2D eigenvalue weighted by Gasteiger charge is 2.34. The molecule has 1 heterocycles. The van der Waals surface area contributed by atoms with Gasteiger partial charge in [0.25, 0.3) is 11.1 Å². The minimum Gasteiger partial charge on any atom is -0.488 e. The zero-order chi connectivity index (χ0) is 19.4. The van der Waals surface area contributed by atoms with Crippen LogP contribution in [-0.4, -0.2) is 22.6 Å². The molecule has 1 fully saturated rings. The van der Waals surface area contributed by atoms with Crippen LogP contribution in [0.4, 0.5) is 4.79 Å². The number of carbonyl (C=O) groups is 2. The van der Waals surface area contributed by atoms with Gasteiger partial charge in [0, 0.05) is 27.7 Å². The van der Waals surface area contributed by atoms with Crippen molar-refractivity contribution in [3.63, 3.8) is 0 Å². The number of rotatable bonds is 6. The number of halogens is 2. The monoisotopic (exact) mass is 419 g/mol. The number of imide groups is 1. The van der Waals surface area contributed by atoms with Crippen LogP contribution in [0.1, 0.15) is 11.1 Å². The molecule has 0 N–H and O–H groups in total. The van der Waals surface area contributed by atoms with Crippen molar-refractivity contribution in [2.75, 3.05) is 6.54 Å². The fraction of sp³-hybridized carbons (Fsp3) is 0.100. The number of benzene rings is 2. The Kier molecular flexibility index (Phi) is 6.26. The third-order valence-corrected chi connectivity index (χ3v) is 5.28. The number of hydrogen-bond donors (Lipinski definition) is 0. The number of ether oxygens (including phenoxy) is 1. The highest BCUT2D eigenvalue weighted by Crippen LogP contribution is 2.34. The molecule has 1 aliphatic heterocycles. The van der Waals surface area contributed by atoms with Crippen LogP contribution >= 0.6 is 35.0 Å². The standard InChI is InChI=1S/C20H15Cl2NO3S/c1-2-9-23-19(24)18(27-20(23)25)10-13-5-3-4-6-17(13)26-12-14-7-8-15(21)11-16(14)22/h2-8,10-11H,1,9,12H2/b18-10+. The maximum Gasteiger partial charge on any atom is 0.293 e. The summed E-state index contributed by atoms with van der Waals surface area (Å²) in [5.41, 5.74) is 1.49. The molecular weight excluding hydrogens is 405 g/mol. The van der Waals surface area contributed by atoms with E-state index in [2.05, 4.69) is 6.58 Å². The molecule has 1 saturated heterocycles. The van der Waals surface area contributed by atoms with Gasteiger partial charge in [0.05, 0.1) is 4.91 Å². The summed E-state index contributed by atoms with van der Waals surface area (Å²) in [6, 6.07) is 12.5. The van der Waals surface area contributed by atoms with Crippen LogP contribution in [0.3, 0.4) is 0 Å². The number of amides is 2. The largest absolute Gasteiger partial charge is 0.488 e. The van der Waals surface area contributed by atoms with Gasteiger partial charge in [-0.15, -0.1) is 6.58 Å². The van der Waals surface area contributed by atoms with Gasteiger partial charge in [-0.2, -0.15) is 0 Å². The molecule has 0 aliphatic carbocycles. The SMILES string of the molecule is C=CCN1C(=O)S/C(=C/c2ccccc2OCc2ccc(Cl)cc2Cl)C1=O. The second-order valence-electron chi connectivity index (χ2n) is 5.64. The van der Waals surface area contributed by atoms with Crippen LogP contribution in [0, 0.1) is 0 Å². The van der Waals surface area contributed by atoms with Crippen molar-refractivity contribution in [3.8, 4) is 5.75 Å². The third-order valence-electron chi connectivity index (χ3n) is 3.79. The summed E-state index contributed by atoms with van der Waals surface area (Å²) >= 11 is 13.0. The van der Waals surface area contributed by atoms with Crippen LogP contribution in [0.25, 0.3) is 6.08 Å². The molecule has 0 bridgehead atoms. The van der Waals surface area contributed by atoms with Gasteiger partial charge in [-0.3, -0.25) is 14.5 Å². The molecule has 138 valence electrons. The van der Waals surface area contributed by atoms with Crippen LogP contribution in [0.2, 0.25) is 10.0 Å². The zero-order valence-corrected chi connectivity index (χ0v) is 16.5. The lowest BCUT2D eigenvalue weighted by Gasteiger charge is -2.11. The van der Waals surface area contributed by atoms with E-state index in [1.165, 1.54) is 6.08 Å². The first-order valence-corrected chi connectivity index (χ1v) is 9.59. The van der Waals surface area contributed by atoms with Gasteiger partial charge in [0.2, 0.25) is 0 Å². The molecular formula is C20H15Cl2NO3S. The number of thioether (sulfide) groups is 1. The van der Waals surface area contributed by atoms with Crippen LogP contribution in [-0.2, 0) is 11.4 Å². The number of hydrogen-bond acceptors (Lipinski definition) is 4. The van der Waals surface area contributed by atoms with Crippen molar-refractivity contribution in [1.82, 2.24) is 4.90 Å². The normalized spacial score (nSPS) is 15.5. The molecule has 7 heteroatoms. The molecule has 4 nitrogen and oxygen atoms in total. The Morgan fingerprint density at radius 2 is 1.93 bits per heavy atom. The number of para-hydroxylation sites is 1. The van der Waals surface area contributed by atoms with E-state index in [9.17, 15) is 9.59 Å². The molecule has 0 unspecified atom stereocenters. The molecule has 1 aliphatic rings. The van der Waals surface area contributed by atoms with Gasteiger partial charge in [-0.25, -0.2) is 0 Å². The van der Waals surface area contributed by atoms with Crippen molar-refractivity contribution in [2.24, 2.45) is 0 Å². The first-order chi connectivity index (χ1) is 13.0. The van der Waals surface area contributed by atoms with Crippen molar-refractivity contribution in [3.05, 3.63) is 81.2 Å². The summed E-state index contributed by atoms with van der Waals surface area (Å²) in [7, 11) is 0. The molecule has 2 aromatic carbocycles. The first-order valence-electron chi connectivity index (χ1n) is 8.01. The molecule has 3 rings (SSSR count). The van der Waals surface area contributed by atoms with Crippen molar-refractivity contribution in [2.45, 2.75) is 6.61 Å². The zero-order valence-electron chi connectivity index (χ0n) is 14.2. The van der Waals surface area contributed by atoms with E-state index in [0.717, 1.165) is 22.2 Å². The van der Waals surface area contributed by atoms with E-state index < -0.39 is 0 Å². The highest BCUT2D eigenvalue weighted by molar-refractivity contribution is 8.18. The van der Waals surface area contributed by atoms with Gasteiger partial charge < -0.3 is 4.74 Å². The summed E-state index contributed by atoms with van der Waals surface area (Å²) in [4.78, 5) is 25.8. The van der Waals surface area contributed by atoms with E-state index >= 15 is 0 Å². The Balaban J connectivity index is 1.81. The Morgan fingerprint density at radius 3 is 2.67 bits per heavy atom. The van der Waals surface area contributed by atoms with Gasteiger partial charge in [-0.05, 0) is 36.0 Å². The Morgan fingerprint density at radius 1 is 1.15 bits per heavy atom. The summed E-state index contributed by atoms with van der Waals surface area (Å²) in [6.45, 7) is 4.01. The highest BCUT2D eigenvalue weighted by atomic mass is 35.5. The van der Waals surface area contributed by atoms with Crippen LogP contribution < -0.4 is 4.74 Å². The predicted molar refractivity (Wildman–Crippen MR) is 110 cm³/mol. The lowest BCUT2D eigenvalue weighted by Crippen LogP contribution is -2.27. The van der Waals surface area contributed by atoms with Crippen LogP contribution in [0.5, 0.6) is 5.75 Å². The molecule has 27 heavy (non-hydrogen) atoms. The van der Waals surface area contributed by atoms with Gasteiger partial charge in [0.1, 0.15) is 12.4 Å². The van der Waals surface area contributed by atoms with E-state index in [-0.39, 0.29) is 24.3 Å². The van der Waals surface area contributed by atoms with Crippen molar-refractivity contribution >= 4 is 52.2 Å². The topological polar surface area (TPSA) is 46.6 Å². The Hall–Kier alpha value is -2.21. The minimum atomic E-state index is -0.333. The average molecular weight is 420 g/mol. The average Bonchev–Trinajstić information content (AvgIpc) is 2.90. The quantitative estimate of drug-likeness (QED) is 0.438. The van der Waals surface area contributed by atoms with Crippen molar-refractivity contribution < 1.29 is 14.3 Å².